The standard InChI is InChI=1S/C27H25F4N5/c28-26-21-13-18(8-10-23(21)35-36-26)25(22(14-27(29,30)31)17-5-2-1-3-6-17)19-9-11-24(33-15-19)34-20-7-4-12-32-16-20/h1-3,5-6,8-11,13,15,20,32H,4,7,12,14,16H2,(H,33,34)(H,35,36)/b25-22-/t20-/m1/s1. The molecule has 0 aliphatic carbocycles. The number of nitrogens with zero attached hydrogens (tertiary/aromatic N) is 2. The Morgan fingerprint density at radius 2 is 1.81 bits per heavy atom. The van der Waals surface area contributed by atoms with E-state index in [0.29, 0.717) is 33.6 Å². The number of aromatic nitrogens is 3. The molecule has 4 aromatic rings. The number of fused-ring (bicyclic) bond motifs is 1. The van der Waals surface area contributed by atoms with E-state index in [4.69, 9.17) is 0 Å². The highest BCUT2D eigenvalue weighted by atomic mass is 19.4. The molecule has 1 aliphatic rings. The number of pyridine rings is 1. The molecule has 1 saturated heterocycles. The minimum Gasteiger partial charge on any atom is -0.366 e. The maximum atomic E-state index is 14.3. The van der Waals surface area contributed by atoms with Crippen molar-refractivity contribution in [2.45, 2.75) is 31.5 Å². The van der Waals surface area contributed by atoms with Gasteiger partial charge < -0.3 is 10.6 Å². The third-order valence-electron chi connectivity index (χ3n) is 6.31. The van der Waals surface area contributed by atoms with E-state index in [1.54, 1.807) is 60.8 Å². The smallest absolute Gasteiger partial charge is 0.366 e. The van der Waals surface area contributed by atoms with E-state index in [2.05, 4.69) is 25.8 Å². The lowest BCUT2D eigenvalue weighted by molar-refractivity contribution is -0.122. The predicted octanol–water partition coefficient (Wildman–Crippen LogP) is 6.17. The molecule has 3 N–H and O–H groups in total. The number of hydrogen-bond acceptors (Lipinski definition) is 4. The molecule has 3 heterocycles. The van der Waals surface area contributed by atoms with Gasteiger partial charge in [0.2, 0.25) is 5.95 Å². The molecule has 0 amide bonds. The van der Waals surface area contributed by atoms with Crippen LogP contribution >= 0.6 is 0 Å². The van der Waals surface area contributed by atoms with Gasteiger partial charge in [-0.05, 0) is 65.9 Å². The molecule has 1 fully saturated rings. The van der Waals surface area contributed by atoms with Crippen LogP contribution in [0.2, 0.25) is 0 Å². The molecule has 9 heteroatoms. The zero-order valence-electron chi connectivity index (χ0n) is 19.4. The minimum absolute atomic E-state index is 0.0883. The number of anilines is 1. The molecule has 1 aliphatic heterocycles. The second kappa shape index (κ2) is 10.1. The van der Waals surface area contributed by atoms with Gasteiger partial charge in [0.1, 0.15) is 5.82 Å². The monoisotopic (exact) mass is 495 g/mol. The molecule has 36 heavy (non-hydrogen) atoms. The van der Waals surface area contributed by atoms with Crippen LogP contribution in [0.5, 0.6) is 0 Å². The summed E-state index contributed by atoms with van der Waals surface area (Å²) in [4.78, 5) is 4.51. The van der Waals surface area contributed by atoms with Gasteiger partial charge in [0, 0.05) is 24.3 Å². The van der Waals surface area contributed by atoms with Crippen molar-refractivity contribution in [1.82, 2.24) is 20.5 Å². The first-order valence-electron chi connectivity index (χ1n) is 11.8. The van der Waals surface area contributed by atoms with E-state index in [1.807, 2.05) is 0 Å². The zero-order chi connectivity index (χ0) is 25.1. The summed E-state index contributed by atoms with van der Waals surface area (Å²) in [5, 5.41) is 13.1. The Morgan fingerprint density at radius 3 is 2.50 bits per heavy atom. The summed E-state index contributed by atoms with van der Waals surface area (Å²) in [5.41, 5.74) is 2.29. The van der Waals surface area contributed by atoms with Crippen molar-refractivity contribution < 1.29 is 17.6 Å². The number of H-pyrrole nitrogens is 1. The van der Waals surface area contributed by atoms with Gasteiger partial charge in [-0.3, -0.25) is 5.10 Å². The van der Waals surface area contributed by atoms with Gasteiger partial charge >= 0.3 is 6.18 Å². The molecular formula is C27H25F4N5. The van der Waals surface area contributed by atoms with Crippen LogP contribution in [0.4, 0.5) is 23.4 Å². The summed E-state index contributed by atoms with van der Waals surface area (Å²) < 4.78 is 55.8. The normalized spacial score (nSPS) is 17.2. The average Bonchev–Trinajstić information content (AvgIpc) is 3.25. The molecule has 1 atom stereocenters. The van der Waals surface area contributed by atoms with Crippen molar-refractivity contribution in [2.75, 3.05) is 18.4 Å². The molecule has 5 nitrogen and oxygen atoms in total. The molecule has 0 bridgehead atoms. The van der Waals surface area contributed by atoms with Crippen molar-refractivity contribution in [3.63, 3.8) is 0 Å². The molecule has 0 spiro atoms. The van der Waals surface area contributed by atoms with Gasteiger partial charge in [-0.1, -0.05) is 36.4 Å². The predicted molar refractivity (Wildman–Crippen MR) is 133 cm³/mol. The summed E-state index contributed by atoms with van der Waals surface area (Å²) in [7, 11) is 0. The largest absolute Gasteiger partial charge is 0.393 e. The van der Waals surface area contributed by atoms with E-state index in [0.717, 1.165) is 25.9 Å². The molecule has 2 aromatic carbocycles. The molecule has 0 unspecified atom stereocenters. The highest BCUT2D eigenvalue weighted by Gasteiger charge is 2.31. The minimum atomic E-state index is -4.45. The van der Waals surface area contributed by atoms with Crippen molar-refractivity contribution in [2.24, 2.45) is 0 Å². The van der Waals surface area contributed by atoms with Crippen molar-refractivity contribution in [3.8, 4) is 0 Å². The van der Waals surface area contributed by atoms with E-state index in [9.17, 15) is 17.6 Å². The van der Waals surface area contributed by atoms with Crippen LogP contribution in [0, 0.1) is 5.95 Å². The van der Waals surface area contributed by atoms with Crippen molar-refractivity contribution in [3.05, 3.63) is 89.5 Å². The number of alkyl halides is 3. The van der Waals surface area contributed by atoms with Crippen LogP contribution in [0.25, 0.3) is 22.0 Å². The molecule has 2 aromatic heterocycles. The van der Waals surface area contributed by atoms with Gasteiger partial charge in [0.15, 0.2) is 0 Å². The fraction of sp³-hybridized carbons (Fsp3) is 0.259. The molecule has 0 radical (unpaired) electrons. The fourth-order valence-electron chi connectivity index (χ4n) is 4.64. The number of halogens is 4. The third kappa shape index (κ3) is 5.41. The van der Waals surface area contributed by atoms with E-state index >= 15 is 0 Å². The van der Waals surface area contributed by atoms with Crippen LogP contribution in [0.1, 0.15) is 36.0 Å². The van der Waals surface area contributed by atoms with Crippen LogP contribution in [0.3, 0.4) is 0 Å². The van der Waals surface area contributed by atoms with Gasteiger partial charge in [0.05, 0.1) is 17.3 Å². The summed E-state index contributed by atoms with van der Waals surface area (Å²) in [6, 6.07) is 17.1. The van der Waals surface area contributed by atoms with Crippen LogP contribution in [-0.4, -0.2) is 40.5 Å². The maximum absolute atomic E-state index is 14.3. The number of aromatic amines is 1. The van der Waals surface area contributed by atoms with E-state index in [1.165, 1.54) is 6.07 Å². The maximum Gasteiger partial charge on any atom is 0.393 e. The topological polar surface area (TPSA) is 65.6 Å². The van der Waals surface area contributed by atoms with Gasteiger partial charge in [-0.25, -0.2) is 4.98 Å². The van der Waals surface area contributed by atoms with Crippen molar-refractivity contribution >= 4 is 27.9 Å². The summed E-state index contributed by atoms with van der Waals surface area (Å²) >= 11 is 0. The van der Waals surface area contributed by atoms with Gasteiger partial charge in [0.25, 0.3) is 0 Å². The van der Waals surface area contributed by atoms with E-state index < -0.39 is 18.5 Å². The van der Waals surface area contributed by atoms with Gasteiger partial charge in [-0.15, -0.1) is 5.10 Å². The first-order chi connectivity index (χ1) is 17.4. The number of piperidine rings is 1. The summed E-state index contributed by atoms with van der Waals surface area (Å²) in [5.74, 6) is -0.0535. The number of allylic oxidation sites excluding steroid dienone is 1. The van der Waals surface area contributed by atoms with E-state index in [-0.39, 0.29) is 17.0 Å². The Balaban J connectivity index is 1.64. The second-order valence-corrected chi connectivity index (χ2v) is 8.91. The number of rotatable bonds is 6. The lowest BCUT2D eigenvalue weighted by Gasteiger charge is -2.24. The quantitative estimate of drug-likeness (QED) is 0.221. The number of hydrogen-bond donors (Lipinski definition) is 3. The lowest BCUT2D eigenvalue weighted by atomic mass is 9.88. The first-order valence-corrected chi connectivity index (χ1v) is 11.8. The molecule has 0 saturated carbocycles. The highest BCUT2D eigenvalue weighted by molar-refractivity contribution is 6.00. The van der Waals surface area contributed by atoms with Crippen LogP contribution < -0.4 is 10.6 Å². The Morgan fingerprint density at radius 1 is 1.00 bits per heavy atom. The van der Waals surface area contributed by atoms with Crippen LogP contribution in [-0.2, 0) is 0 Å². The number of nitrogens with one attached hydrogen (secondary N) is 3. The third-order valence-corrected chi connectivity index (χ3v) is 6.31. The first kappa shape index (κ1) is 24.0. The summed E-state index contributed by atoms with van der Waals surface area (Å²) in [6.45, 7) is 1.82. The number of benzene rings is 2. The Kier molecular flexibility index (Phi) is 6.73. The molecule has 186 valence electrons. The zero-order valence-corrected chi connectivity index (χ0v) is 19.4. The Hall–Kier alpha value is -3.72. The average molecular weight is 496 g/mol. The lowest BCUT2D eigenvalue weighted by Crippen LogP contribution is -2.38. The van der Waals surface area contributed by atoms with Gasteiger partial charge in [-0.2, -0.15) is 17.6 Å². The highest BCUT2D eigenvalue weighted by Crippen LogP contribution is 2.40. The second-order valence-electron chi connectivity index (χ2n) is 8.91. The Bertz CT molecular complexity index is 1350. The van der Waals surface area contributed by atoms with Crippen molar-refractivity contribution in [1.29, 1.82) is 0 Å². The molecular weight excluding hydrogens is 470 g/mol. The summed E-state index contributed by atoms with van der Waals surface area (Å²) in [6.07, 6.45) is -1.95. The van der Waals surface area contributed by atoms with Crippen LogP contribution in [0.15, 0.2) is 66.9 Å². The molecule has 5 rings (SSSR count). The SMILES string of the molecule is Fc1n[nH]c2ccc(/C(=C(\CC(F)(F)F)c3ccccc3)c3ccc(N[C@@H]4CCCNC4)nc3)cc12. The fourth-order valence-corrected chi connectivity index (χ4v) is 4.64. The Labute approximate surface area is 205 Å².